The van der Waals surface area contributed by atoms with Crippen molar-refractivity contribution in [1.82, 2.24) is 5.43 Å². The maximum Gasteiger partial charge on any atom is 0.266 e. The second-order valence-electron chi connectivity index (χ2n) is 4.75. The van der Waals surface area contributed by atoms with E-state index in [1.54, 1.807) is 6.92 Å². The second kappa shape index (κ2) is 8.60. The number of nitro benzene ring substituents is 1. The van der Waals surface area contributed by atoms with Gasteiger partial charge in [0.25, 0.3) is 5.69 Å². The Kier molecular flexibility index (Phi) is 6.24. The fraction of sp³-hybridized carbons (Fsp3) is 0.125. The molecule has 2 aromatic rings. The number of hydrazone groups is 1. The van der Waals surface area contributed by atoms with E-state index in [2.05, 4.69) is 15.8 Å². The van der Waals surface area contributed by atoms with Gasteiger partial charge in [-0.15, -0.1) is 0 Å². The molecule has 2 rings (SSSR count). The molecule has 0 amide bonds. The van der Waals surface area contributed by atoms with Gasteiger partial charge in [0.15, 0.2) is 5.11 Å². The number of ether oxygens (including phenoxy) is 1. The molecule has 0 aliphatic carbocycles. The zero-order valence-electron chi connectivity index (χ0n) is 13.3. The van der Waals surface area contributed by atoms with E-state index in [0.29, 0.717) is 5.56 Å². The van der Waals surface area contributed by atoms with Crippen LogP contribution in [0.4, 0.5) is 11.4 Å². The monoisotopic (exact) mass is 359 g/mol. The first-order valence-corrected chi connectivity index (χ1v) is 7.69. The highest BCUT2D eigenvalue weighted by molar-refractivity contribution is 7.80. The lowest BCUT2D eigenvalue weighted by atomic mass is 10.2. The Morgan fingerprint density at radius 1 is 1.36 bits per heavy atom. The van der Waals surface area contributed by atoms with Crippen LogP contribution in [0.15, 0.2) is 47.6 Å². The van der Waals surface area contributed by atoms with Crippen molar-refractivity contribution in [2.24, 2.45) is 5.10 Å². The standard InChI is InChI=1S/C16H16N4O4S/c1-2-24-14-9-11(8-13(15(14)21)20(22)23)10-17-19-16(25)18-12-6-4-3-5-7-12/h3-10,21H,2H2,1H3,(H2,18,19,25)/p-1/b17-10-. The van der Waals surface area contributed by atoms with Crippen LogP contribution >= 0.6 is 12.2 Å². The summed E-state index contributed by atoms with van der Waals surface area (Å²) in [5.74, 6) is -0.860. The lowest BCUT2D eigenvalue weighted by Gasteiger charge is -2.14. The normalized spacial score (nSPS) is 10.4. The number of hydrogen-bond acceptors (Lipinski definition) is 6. The summed E-state index contributed by atoms with van der Waals surface area (Å²) in [7, 11) is 0. The van der Waals surface area contributed by atoms with Crippen molar-refractivity contribution < 1.29 is 14.8 Å². The van der Waals surface area contributed by atoms with E-state index in [-0.39, 0.29) is 17.5 Å². The summed E-state index contributed by atoms with van der Waals surface area (Å²) in [4.78, 5) is 10.2. The van der Waals surface area contributed by atoms with Crippen LogP contribution in [0.2, 0.25) is 0 Å². The summed E-state index contributed by atoms with van der Waals surface area (Å²) >= 11 is 5.09. The molecule has 2 aromatic carbocycles. The summed E-state index contributed by atoms with van der Waals surface area (Å²) in [5.41, 5.74) is 3.15. The molecule has 8 nitrogen and oxygen atoms in total. The Bertz CT molecular complexity index is 796. The summed E-state index contributed by atoms with van der Waals surface area (Å²) in [6, 6.07) is 11.8. The first-order chi connectivity index (χ1) is 12.0. The molecule has 25 heavy (non-hydrogen) atoms. The number of hydrogen-bond donors (Lipinski definition) is 2. The first kappa shape index (κ1) is 18.1. The van der Waals surface area contributed by atoms with Gasteiger partial charge in [-0.2, -0.15) is 5.10 Å². The molecule has 0 unspecified atom stereocenters. The highest BCUT2D eigenvalue weighted by Gasteiger charge is 2.13. The number of rotatable bonds is 6. The molecule has 0 fully saturated rings. The Hall–Kier alpha value is -3.20. The maximum atomic E-state index is 11.9. The Labute approximate surface area is 149 Å². The first-order valence-electron chi connectivity index (χ1n) is 7.28. The molecule has 0 spiro atoms. The summed E-state index contributed by atoms with van der Waals surface area (Å²) in [6.07, 6.45) is 1.31. The van der Waals surface area contributed by atoms with E-state index < -0.39 is 16.4 Å². The maximum absolute atomic E-state index is 11.9. The molecule has 0 aliphatic rings. The van der Waals surface area contributed by atoms with E-state index >= 15 is 0 Å². The summed E-state index contributed by atoms with van der Waals surface area (Å²) in [6.45, 7) is 1.90. The molecule has 0 aliphatic heterocycles. The number of thiocarbonyl (C=S) groups is 1. The number of nitrogens with zero attached hydrogens (tertiary/aromatic N) is 2. The second-order valence-corrected chi connectivity index (χ2v) is 5.16. The molecule has 0 aromatic heterocycles. The van der Waals surface area contributed by atoms with Gasteiger partial charge in [0.1, 0.15) is 5.75 Å². The van der Waals surface area contributed by atoms with Crippen LogP contribution in [-0.2, 0) is 0 Å². The van der Waals surface area contributed by atoms with Crippen molar-refractivity contribution in [2.45, 2.75) is 6.92 Å². The number of anilines is 1. The SMILES string of the molecule is CCOc1cc(/C=N\NC(=S)Nc2ccccc2)cc([N+](=O)[O-])c1[O-]. The summed E-state index contributed by atoms with van der Waals surface area (Å²) in [5, 5.41) is 29.9. The minimum Gasteiger partial charge on any atom is -0.865 e. The fourth-order valence-electron chi connectivity index (χ4n) is 1.93. The average Bonchev–Trinajstić information content (AvgIpc) is 2.58. The Morgan fingerprint density at radius 3 is 2.72 bits per heavy atom. The van der Waals surface area contributed by atoms with E-state index in [9.17, 15) is 15.2 Å². The van der Waals surface area contributed by atoms with Crippen LogP contribution in [-0.4, -0.2) is 22.9 Å². The summed E-state index contributed by atoms with van der Waals surface area (Å²) < 4.78 is 5.14. The van der Waals surface area contributed by atoms with Crippen LogP contribution in [0, 0.1) is 10.1 Å². The number of nitrogens with one attached hydrogen (secondary N) is 2. The highest BCUT2D eigenvalue weighted by Crippen LogP contribution is 2.34. The largest absolute Gasteiger partial charge is 0.865 e. The van der Waals surface area contributed by atoms with Gasteiger partial charge in [-0.3, -0.25) is 15.5 Å². The van der Waals surface area contributed by atoms with Gasteiger partial charge in [0.05, 0.1) is 17.7 Å². The predicted octanol–water partition coefficient (Wildman–Crippen LogP) is 2.39. The number of para-hydroxylation sites is 1. The van der Waals surface area contributed by atoms with Crippen molar-refractivity contribution in [2.75, 3.05) is 11.9 Å². The molecule has 0 bridgehead atoms. The number of benzene rings is 2. The van der Waals surface area contributed by atoms with Crippen molar-refractivity contribution in [3.63, 3.8) is 0 Å². The molecule has 9 heteroatoms. The van der Waals surface area contributed by atoms with Crippen molar-refractivity contribution in [1.29, 1.82) is 0 Å². The zero-order valence-corrected chi connectivity index (χ0v) is 14.1. The molecule has 0 saturated carbocycles. The van der Waals surface area contributed by atoms with E-state index in [1.165, 1.54) is 12.3 Å². The van der Waals surface area contributed by atoms with Crippen LogP contribution in [0.3, 0.4) is 0 Å². The highest BCUT2D eigenvalue weighted by atomic mass is 32.1. The van der Waals surface area contributed by atoms with E-state index in [4.69, 9.17) is 17.0 Å². The van der Waals surface area contributed by atoms with Gasteiger partial charge >= 0.3 is 0 Å². The van der Waals surface area contributed by atoms with Crippen LogP contribution < -0.4 is 20.6 Å². The van der Waals surface area contributed by atoms with Crippen molar-refractivity contribution >= 4 is 34.9 Å². The van der Waals surface area contributed by atoms with Crippen LogP contribution in [0.1, 0.15) is 12.5 Å². The molecule has 0 heterocycles. The van der Waals surface area contributed by atoms with Crippen LogP contribution in [0.25, 0.3) is 0 Å². The molecule has 2 N–H and O–H groups in total. The molecule has 0 saturated heterocycles. The topological polar surface area (TPSA) is 112 Å². The van der Waals surface area contributed by atoms with Gasteiger partial charge in [-0.1, -0.05) is 18.2 Å². The average molecular weight is 359 g/mol. The van der Waals surface area contributed by atoms with Crippen molar-refractivity contribution in [3.8, 4) is 11.5 Å². The van der Waals surface area contributed by atoms with Gasteiger partial charge in [0.2, 0.25) is 0 Å². The molecule has 0 radical (unpaired) electrons. The van der Waals surface area contributed by atoms with E-state index in [0.717, 1.165) is 11.8 Å². The minimum absolute atomic E-state index is 0.0943. The van der Waals surface area contributed by atoms with E-state index in [1.807, 2.05) is 30.3 Å². The molecular formula is C16H15N4O4S-. The van der Waals surface area contributed by atoms with Gasteiger partial charge in [-0.05, 0) is 37.3 Å². The number of nitro groups is 1. The Morgan fingerprint density at radius 2 is 2.08 bits per heavy atom. The third kappa shape index (κ3) is 5.15. The third-order valence-corrected chi connectivity index (χ3v) is 3.16. The zero-order chi connectivity index (χ0) is 18.2. The van der Waals surface area contributed by atoms with Crippen LogP contribution in [0.5, 0.6) is 11.5 Å². The quantitative estimate of drug-likeness (QED) is 0.352. The van der Waals surface area contributed by atoms with Gasteiger partial charge in [0, 0.05) is 23.1 Å². The van der Waals surface area contributed by atoms with Crippen molar-refractivity contribution in [3.05, 3.63) is 58.1 Å². The van der Waals surface area contributed by atoms with Gasteiger partial charge < -0.3 is 15.2 Å². The predicted molar refractivity (Wildman–Crippen MR) is 97.1 cm³/mol. The Balaban J connectivity index is 2.09. The fourth-order valence-corrected chi connectivity index (χ4v) is 2.10. The smallest absolute Gasteiger partial charge is 0.266 e. The molecule has 0 atom stereocenters. The minimum atomic E-state index is -0.766. The molecular weight excluding hydrogens is 344 g/mol. The molecule has 130 valence electrons. The van der Waals surface area contributed by atoms with Gasteiger partial charge in [-0.25, -0.2) is 0 Å². The lowest BCUT2D eigenvalue weighted by molar-refractivity contribution is -0.398. The lowest BCUT2D eigenvalue weighted by Crippen LogP contribution is -2.23. The third-order valence-electron chi connectivity index (χ3n) is 2.97.